The Balaban J connectivity index is 2.26. The molecule has 0 amide bonds. The third kappa shape index (κ3) is 2.67. The van der Waals surface area contributed by atoms with Crippen LogP contribution in [0.2, 0.25) is 0 Å². The van der Waals surface area contributed by atoms with E-state index in [-0.39, 0.29) is 0 Å². The lowest BCUT2D eigenvalue weighted by Gasteiger charge is -2.00. The minimum Gasteiger partial charge on any atom is -0.197 e. The van der Waals surface area contributed by atoms with Crippen LogP contribution in [0.25, 0.3) is 10.9 Å². The molecule has 0 atom stereocenters. The molecule has 2 rings (SSSR count). The highest BCUT2D eigenvalue weighted by Crippen LogP contribution is 2.08. The molecule has 1 nitrogen and oxygen atoms in total. The molecule has 0 radical (unpaired) electrons. The Kier molecular flexibility index (Phi) is 3.92. The first-order chi connectivity index (χ1) is 7.42. The van der Waals surface area contributed by atoms with Crippen molar-refractivity contribution in [3.63, 3.8) is 0 Å². The zero-order valence-electron chi connectivity index (χ0n) is 8.47. The van der Waals surface area contributed by atoms with Crippen LogP contribution < -0.4 is 4.57 Å². The number of hydrogen-bond acceptors (Lipinski definition) is 2. The number of para-hydroxylation sites is 1. The van der Waals surface area contributed by atoms with Crippen molar-refractivity contribution in [1.82, 2.24) is 0 Å². The molecule has 0 N–H and O–H groups in total. The van der Waals surface area contributed by atoms with Crippen molar-refractivity contribution in [3.05, 3.63) is 42.6 Å². The minimum absolute atomic E-state index is 0.894. The van der Waals surface area contributed by atoms with E-state index in [0.29, 0.717) is 0 Å². The quantitative estimate of drug-likeness (QED) is 0.370. The predicted molar refractivity (Wildman–Crippen MR) is 70.5 cm³/mol. The van der Waals surface area contributed by atoms with E-state index in [4.69, 9.17) is 0 Å². The minimum atomic E-state index is 0.894. The van der Waals surface area contributed by atoms with Crippen molar-refractivity contribution in [1.29, 1.82) is 0 Å². The molecule has 1 aromatic carbocycles. The molecule has 78 valence electrons. The van der Waals surface area contributed by atoms with Crippen molar-refractivity contribution in [3.8, 4) is 0 Å². The predicted octanol–water partition coefficient (Wildman–Crippen LogP) is 2.75. The summed E-state index contributed by atoms with van der Waals surface area (Å²) < 4.78 is 2.30. The van der Waals surface area contributed by atoms with Gasteiger partial charge in [0.05, 0.1) is 5.75 Å². The summed E-state index contributed by atoms with van der Waals surface area (Å²) in [6, 6.07) is 12.7. The average molecular weight is 236 g/mol. The maximum atomic E-state index is 4.19. The lowest BCUT2D eigenvalue weighted by atomic mass is 10.2. The van der Waals surface area contributed by atoms with Gasteiger partial charge in [0.2, 0.25) is 5.52 Å². The summed E-state index contributed by atoms with van der Waals surface area (Å²) >= 11 is 6.05. The molecule has 0 bridgehead atoms. The Morgan fingerprint density at radius 2 is 1.93 bits per heavy atom. The number of benzene rings is 1. The Morgan fingerprint density at radius 1 is 1.13 bits per heavy atom. The van der Waals surface area contributed by atoms with E-state index in [9.17, 15) is 0 Å². The maximum Gasteiger partial charge on any atom is 0.212 e. The Morgan fingerprint density at radius 3 is 2.80 bits per heavy atom. The molecule has 15 heavy (non-hydrogen) atoms. The van der Waals surface area contributed by atoms with Gasteiger partial charge in [-0.1, -0.05) is 12.1 Å². The monoisotopic (exact) mass is 236 g/mol. The highest BCUT2D eigenvalue weighted by atomic mass is 32.2. The van der Waals surface area contributed by atoms with Crippen molar-refractivity contribution in [2.45, 2.75) is 6.54 Å². The smallest absolute Gasteiger partial charge is 0.197 e. The van der Waals surface area contributed by atoms with Gasteiger partial charge in [0.1, 0.15) is 0 Å². The topological polar surface area (TPSA) is 3.88 Å². The third-order valence-electron chi connectivity index (χ3n) is 2.36. The van der Waals surface area contributed by atoms with Crippen LogP contribution in [-0.4, -0.2) is 10.8 Å². The number of rotatable bonds is 4. The van der Waals surface area contributed by atoms with Crippen molar-refractivity contribution < 1.29 is 4.57 Å². The molecular weight excluding hydrogens is 222 g/mol. The maximum absolute atomic E-state index is 4.19. The van der Waals surface area contributed by atoms with Crippen LogP contribution in [0.15, 0.2) is 42.6 Å². The summed E-state index contributed by atoms with van der Waals surface area (Å²) in [6.45, 7) is 1.05. The Labute approximate surface area is 99.9 Å². The van der Waals surface area contributed by atoms with Crippen molar-refractivity contribution >= 4 is 35.3 Å². The molecule has 0 aliphatic rings. The second kappa shape index (κ2) is 5.42. The lowest BCUT2D eigenvalue weighted by molar-refractivity contribution is -0.666. The molecule has 0 saturated carbocycles. The van der Waals surface area contributed by atoms with E-state index in [1.165, 1.54) is 10.9 Å². The summed E-state index contributed by atoms with van der Waals surface area (Å²) in [7, 11) is 0. The van der Waals surface area contributed by atoms with Gasteiger partial charge in [0.25, 0.3) is 0 Å². The van der Waals surface area contributed by atoms with Crippen LogP contribution in [0.5, 0.6) is 0 Å². The molecule has 0 spiro atoms. The second-order valence-electron chi connectivity index (χ2n) is 3.30. The van der Waals surface area contributed by atoms with E-state index in [1.807, 2.05) is 11.8 Å². The lowest BCUT2D eigenvalue weighted by Crippen LogP contribution is -2.35. The highest BCUT2D eigenvalue weighted by Gasteiger charge is 2.05. The fraction of sp³-hybridized carbons (Fsp3) is 0.250. The van der Waals surface area contributed by atoms with Crippen molar-refractivity contribution in [2.75, 3.05) is 10.8 Å². The van der Waals surface area contributed by atoms with Crippen LogP contribution in [0, 0.1) is 0 Å². The van der Waals surface area contributed by atoms with Gasteiger partial charge in [0, 0.05) is 22.6 Å². The molecule has 0 aliphatic carbocycles. The number of hydrogen-bond donors (Lipinski definition) is 1. The van der Waals surface area contributed by atoms with Gasteiger partial charge in [-0.25, -0.2) is 0 Å². The molecule has 3 heteroatoms. The SMILES string of the molecule is SCSCC[n+]1cccc2ccccc21. The Bertz CT molecular complexity index is 437. The zero-order valence-corrected chi connectivity index (χ0v) is 10.2. The molecular formula is C12H14NS2+. The first-order valence-corrected chi connectivity index (χ1v) is 6.76. The molecule has 1 aromatic heterocycles. The van der Waals surface area contributed by atoms with Crippen LogP contribution in [0.3, 0.4) is 0 Å². The van der Waals surface area contributed by atoms with Crippen LogP contribution in [0.1, 0.15) is 0 Å². The molecule has 0 fully saturated rings. The first-order valence-electron chi connectivity index (χ1n) is 4.97. The van der Waals surface area contributed by atoms with Gasteiger partial charge < -0.3 is 0 Å². The number of thiol groups is 1. The number of nitrogens with zero attached hydrogens (tertiary/aromatic N) is 1. The van der Waals surface area contributed by atoms with Gasteiger partial charge in [-0.15, -0.1) is 11.8 Å². The van der Waals surface area contributed by atoms with E-state index in [1.54, 1.807) is 0 Å². The second-order valence-corrected chi connectivity index (χ2v) is 5.15. The number of thioether (sulfide) groups is 1. The Hall–Kier alpha value is -0.670. The van der Waals surface area contributed by atoms with Crippen LogP contribution >= 0.6 is 24.4 Å². The third-order valence-corrected chi connectivity index (χ3v) is 3.56. The molecule has 0 saturated heterocycles. The van der Waals surface area contributed by atoms with Gasteiger partial charge >= 0.3 is 0 Å². The number of pyridine rings is 1. The number of aromatic nitrogens is 1. The summed E-state index contributed by atoms with van der Waals surface area (Å²) in [5, 5.41) is 2.20. The molecule has 2 aromatic rings. The fourth-order valence-corrected chi connectivity index (χ4v) is 2.49. The van der Waals surface area contributed by atoms with Crippen molar-refractivity contribution in [2.24, 2.45) is 0 Å². The highest BCUT2D eigenvalue weighted by molar-refractivity contribution is 8.09. The van der Waals surface area contributed by atoms with E-state index < -0.39 is 0 Å². The summed E-state index contributed by atoms with van der Waals surface area (Å²) in [4.78, 5) is 0. The van der Waals surface area contributed by atoms with E-state index in [0.717, 1.165) is 17.4 Å². The molecule has 0 aliphatic heterocycles. The summed E-state index contributed by atoms with van der Waals surface area (Å²) in [5.41, 5.74) is 1.31. The van der Waals surface area contributed by atoms with E-state index >= 15 is 0 Å². The normalized spacial score (nSPS) is 10.7. The first kappa shape index (κ1) is 10.8. The van der Waals surface area contributed by atoms with Gasteiger partial charge in [-0.3, -0.25) is 0 Å². The molecule has 1 heterocycles. The van der Waals surface area contributed by atoms with E-state index in [2.05, 4.69) is 59.8 Å². The van der Waals surface area contributed by atoms with Gasteiger partial charge in [-0.05, 0) is 12.1 Å². The van der Waals surface area contributed by atoms with Gasteiger partial charge in [-0.2, -0.15) is 17.2 Å². The van der Waals surface area contributed by atoms with Crippen LogP contribution in [0.4, 0.5) is 0 Å². The van der Waals surface area contributed by atoms with Crippen LogP contribution in [-0.2, 0) is 6.54 Å². The summed E-state index contributed by atoms with van der Waals surface area (Å²) in [6.07, 6.45) is 2.14. The standard InChI is InChI=1S/C12H13NS2/c14-10-15-9-8-13-7-3-5-11-4-1-2-6-12(11)13/h1-7H,8-10H2/p+1. The zero-order chi connectivity index (χ0) is 10.5. The van der Waals surface area contributed by atoms with Gasteiger partial charge in [0.15, 0.2) is 12.7 Å². The number of fused-ring (bicyclic) bond motifs is 1. The summed E-state index contributed by atoms with van der Waals surface area (Å²) in [5.74, 6) is 1.11. The molecule has 0 unspecified atom stereocenters. The largest absolute Gasteiger partial charge is 0.212 e. The fourth-order valence-electron chi connectivity index (χ4n) is 1.64. The average Bonchev–Trinajstić information content (AvgIpc) is 2.30. The number of aryl methyl sites for hydroxylation is 1.